The van der Waals surface area contributed by atoms with Crippen molar-refractivity contribution in [2.24, 2.45) is 5.41 Å². The number of amides is 1. The Kier molecular flexibility index (Phi) is 6.32. The number of hydrogen-bond donors (Lipinski definition) is 3. The van der Waals surface area contributed by atoms with Crippen molar-refractivity contribution in [1.82, 2.24) is 10.6 Å². The molecule has 5 nitrogen and oxygen atoms in total. The second kappa shape index (κ2) is 8.05. The highest BCUT2D eigenvalue weighted by Gasteiger charge is 2.35. The summed E-state index contributed by atoms with van der Waals surface area (Å²) in [6.45, 7) is 7.20. The molecule has 6 heteroatoms. The molecule has 2 rings (SSSR count). The topological polar surface area (TPSA) is 70.6 Å². The fourth-order valence-electron chi connectivity index (χ4n) is 2.65. The van der Waals surface area contributed by atoms with Crippen LogP contribution in [-0.4, -0.2) is 42.4 Å². The van der Waals surface area contributed by atoms with Gasteiger partial charge in [-0.2, -0.15) is 0 Å². The molecule has 1 aromatic rings. The van der Waals surface area contributed by atoms with E-state index in [-0.39, 0.29) is 23.2 Å². The van der Waals surface area contributed by atoms with Gasteiger partial charge in [-0.3, -0.25) is 4.79 Å². The maximum absolute atomic E-state index is 12.9. The molecule has 24 heavy (non-hydrogen) atoms. The molecule has 1 heterocycles. The lowest BCUT2D eigenvalue weighted by Gasteiger charge is -2.21. The molecule has 3 unspecified atom stereocenters. The minimum atomic E-state index is -0.694. The summed E-state index contributed by atoms with van der Waals surface area (Å²) in [5.74, 6) is -0.310. The number of aliphatic hydroxyl groups excluding tert-OH is 1. The number of benzene rings is 1. The molecule has 1 amide bonds. The van der Waals surface area contributed by atoms with E-state index in [1.54, 1.807) is 12.1 Å². The van der Waals surface area contributed by atoms with Gasteiger partial charge in [0, 0.05) is 19.5 Å². The average molecular weight is 338 g/mol. The van der Waals surface area contributed by atoms with Crippen LogP contribution in [0.5, 0.6) is 0 Å². The molecule has 0 bridgehead atoms. The van der Waals surface area contributed by atoms with E-state index in [1.807, 2.05) is 20.8 Å². The summed E-state index contributed by atoms with van der Waals surface area (Å²) < 4.78 is 18.5. The van der Waals surface area contributed by atoms with Crippen LogP contribution in [0, 0.1) is 11.2 Å². The summed E-state index contributed by atoms with van der Waals surface area (Å²) in [6.07, 6.45) is -0.678. The zero-order valence-electron chi connectivity index (χ0n) is 14.5. The molecule has 0 aliphatic carbocycles. The van der Waals surface area contributed by atoms with E-state index >= 15 is 0 Å². The fraction of sp³-hybridized carbons (Fsp3) is 0.611. The number of aliphatic hydroxyl groups is 1. The lowest BCUT2D eigenvalue weighted by atomic mass is 9.92. The molecule has 1 fully saturated rings. The molecule has 0 aromatic heterocycles. The predicted octanol–water partition coefficient (Wildman–Crippen LogP) is 1.60. The summed E-state index contributed by atoms with van der Waals surface area (Å²) in [5.41, 5.74) is 0.865. The molecule has 1 saturated heterocycles. The van der Waals surface area contributed by atoms with Crippen molar-refractivity contribution in [2.45, 2.75) is 52.0 Å². The molecular weight excluding hydrogens is 311 g/mol. The second-order valence-electron chi connectivity index (χ2n) is 7.52. The standard InChI is InChI=1S/C18H27FN2O3/c1-18(2,3)8-16(22)21-10-15-17(23)14(11-24-15)20-9-12-4-6-13(19)7-5-12/h4-7,14-15,17,20,23H,8-11H2,1-3H3,(H,21,22). The van der Waals surface area contributed by atoms with E-state index in [0.29, 0.717) is 26.1 Å². The quantitative estimate of drug-likeness (QED) is 0.737. The third kappa shape index (κ3) is 5.85. The van der Waals surface area contributed by atoms with E-state index < -0.39 is 12.2 Å². The number of carbonyl (C=O) groups excluding carboxylic acids is 1. The number of nitrogens with one attached hydrogen (secondary N) is 2. The predicted molar refractivity (Wildman–Crippen MR) is 89.9 cm³/mol. The molecule has 1 aliphatic rings. The number of halogens is 1. The highest BCUT2D eigenvalue weighted by molar-refractivity contribution is 5.76. The molecule has 3 N–H and O–H groups in total. The van der Waals surface area contributed by atoms with Crippen molar-refractivity contribution in [3.05, 3.63) is 35.6 Å². The Labute approximate surface area is 142 Å². The van der Waals surface area contributed by atoms with Gasteiger partial charge in [0.25, 0.3) is 0 Å². The molecular formula is C18H27FN2O3. The van der Waals surface area contributed by atoms with Crippen LogP contribution in [0.3, 0.4) is 0 Å². The van der Waals surface area contributed by atoms with Gasteiger partial charge >= 0.3 is 0 Å². The lowest BCUT2D eigenvalue weighted by molar-refractivity contribution is -0.123. The van der Waals surface area contributed by atoms with Gasteiger partial charge in [-0.05, 0) is 23.1 Å². The highest BCUT2D eigenvalue weighted by Crippen LogP contribution is 2.18. The molecule has 1 aliphatic heterocycles. The molecule has 134 valence electrons. The van der Waals surface area contributed by atoms with E-state index in [1.165, 1.54) is 12.1 Å². The first-order valence-corrected chi connectivity index (χ1v) is 8.29. The SMILES string of the molecule is CC(C)(C)CC(=O)NCC1OCC(NCc2ccc(F)cc2)C1O. The van der Waals surface area contributed by atoms with Crippen LogP contribution in [0.25, 0.3) is 0 Å². The van der Waals surface area contributed by atoms with Gasteiger partial charge in [0.05, 0.1) is 18.8 Å². The lowest BCUT2D eigenvalue weighted by Crippen LogP contribution is -2.44. The smallest absolute Gasteiger partial charge is 0.220 e. The van der Waals surface area contributed by atoms with Crippen molar-refractivity contribution in [3.8, 4) is 0 Å². The van der Waals surface area contributed by atoms with E-state index in [4.69, 9.17) is 4.74 Å². The highest BCUT2D eigenvalue weighted by atomic mass is 19.1. The van der Waals surface area contributed by atoms with Crippen LogP contribution < -0.4 is 10.6 Å². The van der Waals surface area contributed by atoms with Crippen molar-refractivity contribution < 1.29 is 19.0 Å². The van der Waals surface area contributed by atoms with Gasteiger partial charge in [-0.1, -0.05) is 32.9 Å². The zero-order valence-corrected chi connectivity index (χ0v) is 14.5. The first-order chi connectivity index (χ1) is 11.2. The van der Waals surface area contributed by atoms with Crippen LogP contribution in [0.2, 0.25) is 0 Å². The minimum Gasteiger partial charge on any atom is -0.389 e. The summed E-state index contributed by atoms with van der Waals surface area (Å²) in [6, 6.07) is 6.02. The first-order valence-electron chi connectivity index (χ1n) is 8.29. The second-order valence-corrected chi connectivity index (χ2v) is 7.52. The van der Waals surface area contributed by atoms with Gasteiger partial charge in [0.2, 0.25) is 5.91 Å². The van der Waals surface area contributed by atoms with Crippen LogP contribution in [-0.2, 0) is 16.1 Å². The Hall–Kier alpha value is -1.50. The Morgan fingerprint density at radius 3 is 2.62 bits per heavy atom. The van der Waals surface area contributed by atoms with Gasteiger partial charge in [0.15, 0.2) is 0 Å². The van der Waals surface area contributed by atoms with E-state index in [0.717, 1.165) is 5.56 Å². The number of hydrogen-bond acceptors (Lipinski definition) is 4. The summed E-state index contributed by atoms with van der Waals surface area (Å²) in [5, 5.41) is 16.3. The van der Waals surface area contributed by atoms with Crippen LogP contribution in [0.15, 0.2) is 24.3 Å². The van der Waals surface area contributed by atoms with Gasteiger partial charge in [-0.25, -0.2) is 4.39 Å². The Morgan fingerprint density at radius 1 is 1.33 bits per heavy atom. The van der Waals surface area contributed by atoms with Gasteiger partial charge < -0.3 is 20.5 Å². The van der Waals surface area contributed by atoms with Crippen molar-refractivity contribution in [3.63, 3.8) is 0 Å². The minimum absolute atomic E-state index is 0.0407. The van der Waals surface area contributed by atoms with Crippen LogP contribution in [0.1, 0.15) is 32.8 Å². The monoisotopic (exact) mass is 338 g/mol. The average Bonchev–Trinajstić information content (AvgIpc) is 2.83. The first kappa shape index (κ1) is 18.8. The maximum atomic E-state index is 12.9. The van der Waals surface area contributed by atoms with Gasteiger partial charge in [-0.15, -0.1) is 0 Å². The largest absolute Gasteiger partial charge is 0.389 e. The Bertz CT molecular complexity index is 542. The van der Waals surface area contributed by atoms with Gasteiger partial charge in [0.1, 0.15) is 11.9 Å². The normalized spacial score (nSPS) is 24.1. The summed E-state index contributed by atoms with van der Waals surface area (Å²) in [4.78, 5) is 11.8. The van der Waals surface area contributed by atoms with Crippen LogP contribution >= 0.6 is 0 Å². The summed E-state index contributed by atoms with van der Waals surface area (Å²) in [7, 11) is 0. The number of carbonyl (C=O) groups is 1. The molecule has 0 spiro atoms. The fourth-order valence-corrected chi connectivity index (χ4v) is 2.65. The Balaban J connectivity index is 1.74. The van der Waals surface area contributed by atoms with E-state index in [9.17, 15) is 14.3 Å². The number of rotatable bonds is 6. The van der Waals surface area contributed by atoms with Crippen molar-refractivity contribution in [2.75, 3.05) is 13.2 Å². The van der Waals surface area contributed by atoms with Crippen molar-refractivity contribution >= 4 is 5.91 Å². The third-order valence-corrected chi connectivity index (χ3v) is 3.96. The number of ether oxygens (including phenoxy) is 1. The zero-order chi connectivity index (χ0) is 17.7. The molecule has 0 radical (unpaired) electrons. The van der Waals surface area contributed by atoms with Crippen LogP contribution in [0.4, 0.5) is 4.39 Å². The molecule has 0 saturated carbocycles. The maximum Gasteiger partial charge on any atom is 0.220 e. The molecule has 1 aromatic carbocycles. The van der Waals surface area contributed by atoms with E-state index in [2.05, 4.69) is 10.6 Å². The Morgan fingerprint density at radius 2 is 2.00 bits per heavy atom. The summed E-state index contributed by atoms with van der Waals surface area (Å²) >= 11 is 0. The molecule has 3 atom stereocenters. The third-order valence-electron chi connectivity index (χ3n) is 3.96. The van der Waals surface area contributed by atoms with Crippen molar-refractivity contribution in [1.29, 1.82) is 0 Å².